The van der Waals surface area contributed by atoms with Gasteiger partial charge in [-0.15, -0.1) is 0 Å². The molecule has 64 valence electrons. The molecule has 0 bridgehead atoms. The van der Waals surface area contributed by atoms with Crippen LogP contribution in [0.4, 0.5) is 0 Å². The van der Waals surface area contributed by atoms with Gasteiger partial charge in [-0.2, -0.15) is 0 Å². The molecule has 0 aromatic heterocycles. The fourth-order valence-corrected chi connectivity index (χ4v) is 3.04. The molecule has 2 atom stereocenters. The van der Waals surface area contributed by atoms with Gasteiger partial charge in [-0.1, -0.05) is 0 Å². The molecule has 1 aliphatic heterocycles. The summed E-state index contributed by atoms with van der Waals surface area (Å²) < 4.78 is 2.36. The van der Waals surface area contributed by atoms with Crippen LogP contribution in [-0.4, -0.2) is 22.2 Å². The summed E-state index contributed by atoms with van der Waals surface area (Å²) in [6.45, 7) is 2.36. The van der Waals surface area contributed by atoms with Gasteiger partial charge in [0.2, 0.25) is 0 Å². The Morgan fingerprint density at radius 1 is 1.18 bits per heavy atom. The first-order chi connectivity index (χ1) is 5.25. The molecule has 2 unspecified atom stereocenters. The first-order valence-corrected chi connectivity index (χ1v) is 5.38. The minimum Gasteiger partial charge on any atom is -0.327 e. The number of halogens is 1. The monoisotopic (exact) mass is 266 g/mol. The number of piperidine rings is 1. The van der Waals surface area contributed by atoms with Gasteiger partial charge in [0.25, 0.3) is 0 Å². The molecule has 1 heterocycles. The maximum atomic E-state index is 5.93. The number of hydrogen-bond donors (Lipinski definition) is 1. The molecule has 2 rings (SSSR count). The van der Waals surface area contributed by atoms with E-state index in [4.69, 9.17) is 5.73 Å². The SMILES string of the molecule is NC1CC(C2CC2)CN(I)C1. The molecule has 0 radical (unpaired) electrons. The lowest BCUT2D eigenvalue weighted by atomic mass is 9.92. The normalized spacial score (nSPS) is 40.9. The Balaban J connectivity index is 1.89. The third kappa shape index (κ3) is 2.06. The first-order valence-electron chi connectivity index (χ1n) is 4.42. The van der Waals surface area contributed by atoms with Crippen molar-refractivity contribution in [2.75, 3.05) is 13.1 Å². The van der Waals surface area contributed by atoms with Crippen molar-refractivity contribution >= 4 is 22.9 Å². The number of nitrogens with two attached hydrogens (primary N) is 1. The average Bonchev–Trinajstić information content (AvgIpc) is 2.64. The van der Waals surface area contributed by atoms with Gasteiger partial charge < -0.3 is 5.73 Å². The van der Waals surface area contributed by atoms with Crippen LogP contribution in [0.2, 0.25) is 0 Å². The van der Waals surface area contributed by atoms with Gasteiger partial charge in [0.15, 0.2) is 0 Å². The first kappa shape index (κ1) is 8.26. The molecule has 0 spiro atoms. The largest absolute Gasteiger partial charge is 0.327 e. The van der Waals surface area contributed by atoms with Gasteiger partial charge in [-0.3, -0.25) is 0 Å². The zero-order valence-corrected chi connectivity index (χ0v) is 8.83. The molecule has 0 amide bonds. The molecule has 0 aromatic carbocycles. The van der Waals surface area contributed by atoms with E-state index in [0.29, 0.717) is 6.04 Å². The molecule has 2 aliphatic rings. The van der Waals surface area contributed by atoms with Gasteiger partial charge >= 0.3 is 0 Å². The van der Waals surface area contributed by atoms with Gasteiger partial charge in [0, 0.05) is 42.0 Å². The highest BCUT2D eigenvalue weighted by molar-refractivity contribution is 14.1. The van der Waals surface area contributed by atoms with Crippen LogP contribution in [0.5, 0.6) is 0 Å². The van der Waals surface area contributed by atoms with E-state index >= 15 is 0 Å². The molecule has 0 aromatic rings. The van der Waals surface area contributed by atoms with Crippen molar-refractivity contribution in [1.29, 1.82) is 0 Å². The van der Waals surface area contributed by atoms with E-state index in [2.05, 4.69) is 26.0 Å². The lowest BCUT2D eigenvalue weighted by Crippen LogP contribution is -2.43. The Labute approximate surface area is 82.0 Å². The van der Waals surface area contributed by atoms with Gasteiger partial charge in [-0.25, -0.2) is 3.11 Å². The fourth-order valence-electron chi connectivity index (χ4n) is 2.03. The third-order valence-electron chi connectivity index (χ3n) is 2.76. The number of rotatable bonds is 1. The maximum Gasteiger partial charge on any atom is 0.0233 e. The molecule has 1 saturated carbocycles. The van der Waals surface area contributed by atoms with Crippen molar-refractivity contribution in [2.45, 2.75) is 25.3 Å². The summed E-state index contributed by atoms with van der Waals surface area (Å²) in [4.78, 5) is 0. The summed E-state index contributed by atoms with van der Waals surface area (Å²) in [6.07, 6.45) is 4.19. The maximum absolute atomic E-state index is 5.93. The smallest absolute Gasteiger partial charge is 0.0233 e. The molecular weight excluding hydrogens is 251 g/mol. The highest BCUT2D eigenvalue weighted by Crippen LogP contribution is 2.41. The van der Waals surface area contributed by atoms with E-state index in [0.717, 1.165) is 18.4 Å². The second-order valence-electron chi connectivity index (χ2n) is 3.92. The molecule has 2 fully saturated rings. The van der Waals surface area contributed by atoms with Crippen molar-refractivity contribution in [3.63, 3.8) is 0 Å². The summed E-state index contributed by atoms with van der Waals surface area (Å²) in [6, 6.07) is 0.436. The zero-order chi connectivity index (χ0) is 7.84. The van der Waals surface area contributed by atoms with E-state index in [1.165, 1.54) is 25.8 Å². The predicted octanol–water partition coefficient (Wildman–Crippen LogP) is 1.40. The predicted molar refractivity (Wildman–Crippen MR) is 54.4 cm³/mol. The standard InChI is InChI=1S/C8H15IN2/c9-11-4-7(6-1-2-6)3-8(10)5-11/h6-8H,1-5,10H2. The van der Waals surface area contributed by atoms with E-state index in [1.807, 2.05) is 0 Å². The van der Waals surface area contributed by atoms with E-state index in [1.54, 1.807) is 0 Å². The minimum absolute atomic E-state index is 0.436. The van der Waals surface area contributed by atoms with Crippen LogP contribution in [0, 0.1) is 11.8 Å². The van der Waals surface area contributed by atoms with E-state index in [-0.39, 0.29) is 0 Å². The lowest BCUT2D eigenvalue weighted by Gasteiger charge is -2.32. The summed E-state index contributed by atoms with van der Waals surface area (Å²) in [5, 5.41) is 0. The van der Waals surface area contributed by atoms with Gasteiger partial charge in [-0.05, 0) is 31.1 Å². The van der Waals surface area contributed by atoms with Gasteiger partial charge in [0.05, 0.1) is 0 Å². The van der Waals surface area contributed by atoms with Gasteiger partial charge in [0.1, 0.15) is 0 Å². The molecular formula is C8H15IN2. The second-order valence-corrected chi connectivity index (χ2v) is 5.29. The highest BCUT2D eigenvalue weighted by atomic mass is 127. The summed E-state index contributed by atoms with van der Waals surface area (Å²) in [5.41, 5.74) is 5.93. The van der Waals surface area contributed by atoms with Crippen LogP contribution in [0.15, 0.2) is 0 Å². The lowest BCUT2D eigenvalue weighted by molar-refractivity contribution is 0.250. The fraction of sp³-hybridized carbons (Fsp3) is 1.00. The number of nitrogens with zero attached hydrogens (tertiary/aromatic N) is 1. The second kappa shape index (κ2) is 3.18. The average molecular weight is 266 g/mol. The van der Waals surface area contributed by atoms with Crippen molar-refractivity contribution in [3.8, 4) is 0 Å². The Kier molecular flexibility index (Phi) is 2.39. The Morgan fingerprint density at radius 3 is 2.45 bits per heavy atom. The Hall–Kier alpha value is 0.650. The van der Waals surface area contributed by atoms with Crippen LogP contribution in [0.3, 0.4) is 0 Å². The molecule has 2 N–H and O–H groups in total. The summed E-state index contributed by atoms with van der Waals surface area (Å²) in [7, 11) is 0. The van der Waals surface area contributed by atoms with Crippen LogP contribution in [0.1, 0.15) is 19.3 Å². The van der Waals surface area contributed by atoms with Crippen LogP contribution in [-0.2, 0) is 0 Å². The Morgan fingerprint density at radius 2 is 1.91 bits per heavy atom. The van der Waals surface area contributed by atoms with Crippen molar-refractivity contribution in [1.82, 2.24) is 3.11 Å². The summed E-state index contributed by atoms with van der Waals surface area (Å²) in [5.74, 6) is 1.94. The topological polar surface area (TPSA) is 29.3 Å². The van der Waals surface area contributed by atoms with Crippen LogP contribution in [0.25, 0.3) is 0 Å². The zero-order valence-electron chi connectivity index (χ0n) is 6.67. The van der Waals surface area contributed by atoms with E-state index in [9.17, 15) is 0 Å². The van der Waals surface area contributed by atoms with Crippen molar-refractivity contribution in [3.05, 3.63) is 0 Å². The van der Waals surface area contributed by atoms with Crippen LogP contribution < -0.4 is 5.73 Å². The third-order valence-corrected chi connectivity index (χ3v) is 3.55. The summed E-state index contributed by atoms with van der Waals surface area (Å²) >= 11 is 2.40. The van der Waals surface area contributed by atoms with Crippen molar-refractivity contribution < 1.29 is 0 Å². The molecule has 1 saturated heterocycles. The highest BCUT2D eigenvalue weighted by Gasteiger charge is 2.35. The number of hydrogen-bond acceptors (Lipinski definition) is 2. The minimum atomic E-state index is 0.436. The van der Waals surface area contributed by atoms with E-state index < -0.39 is 0 Å². The molecule has 2 nitrogen and oxygen atoms in total. The Bertz CT molecular complexity index is 137. The molecule has 3 heteroatoms. The van der Waals surface area contributed by atoms with Crippen LogP contribution >= 0.6 is 22.9 Å². The quantitative estimate of drug-likeness (QED) is 0.574. The van der Waals surface area contributed by atoms with Crippen molar-refractivity contribution in [2.24, 2.45) is 17.6 Å². The molecule has 11 heavy (non-hydrogen) atoms. The molecule has 1 aliphatic carbocycles.